The van der Waals surface area contributed by atoms with Gasteiger partial charge in [0.05, 0.1) is 6.42 Å². The van der Waals surface area contributed by atoms with Gasteiger partial charge in [-0.15, -0.1) is 0 Å². The number of hydrogen-bond donors (Lipinski definition) is 1. The smallest absolute Gasteiger partial charge is 0.227 e. The third-order valence-electron chi connectivity index (χ3n) is 5.28. The Kier molecular flexibility index (Phi) is 4.49. The summed E-state index contributed by atoms with van der Waals surface area (Å²) in [5.74, 6) is 0.190. The maximum absolute atomic E-state index is 13.0. The largest absolute Gasteiger partial charge is 0.358 e. The monoisotopic (exact) mass is 350 g/mol. The van der Waals surface area contributed by atoms with Crippen molar-refractivity contribution < 1.29 is 9.18 Å². The Labute approximate surface area is 152 Å². The first-order chi connectivity index (χ1) is 12.6. The minimum Gasteiger partial charge on any atom is -0.358 e. The fraction of sp³-hybridized carbons (Fsp3) is 0.318. The lowest BCUT2D eigenvalue weighted by Crippen LogP contribution is -2.40. The number of nitrogens with one attached hydrogen (secondary N) is 1. The number of aryl methyl sites for hydroxylation is 1. The molecule has 4 rings (SSSR count). The number of hydrogen-bond acceptors (Lipinski definition) is 1. The Balaban J connectivity index is 1.47. The molecule has 2 heterocycles. The molecule has 1 aromatic heterocycles. The lowest BCUT2D eigenvalue weighted by atomic mass is 9.94. The van der Waals surface area contributed by atoms with Crippen LogP contribution in [0.15, 0.2) is 48.5 Å². The van der Waals surface area contributed by atoms with Crippen LogP contribution in [-0.2, 0) is 11.2 Å². The molecular weight excluding hydrogens is 327 g/mol. The van der Waals surface area contributed by atoms with Crippen LogP contribution in [0.1, 0.15) is 35.6 Å². The van der Waals surface area contributed by atoms with Gasteiger partial charge in [-0.1, -0.05) is 23.8 Å². The molecule has 1 atom stereocenters. The van der Waals surface area contributed by atoms with E-state index in [0.717, 1.165) is 37.0 Å². The van der Waals surface area contributed by atoms with Crippen molar-refractivity contribution in [2.45, 2.75) is 32.1 Å². The first-order valence-electron chi connectivity index (χ1n) is 9.20. The Bertz CT molecular complexity index is 929. The number of aromatic nitrogens is 1. The summed E-state index contributed by atoms with van der Waals surface area (Å²) >= 11 is 0. The van der Waals surface area contributed by atoms with E-state index in [-0.39, 0.29) is 11.7 Å². The van der Waals surface area contributed by atoms with Crippen molar-refractivity contribution in [2.75, 3.05) is 13.1 Å². The standard InChI is InChI=1S/C22H23FN2O/c1-15-4-9-20-18(11-15)13-21(24-20)17-3-2-10-25(14-17)22(26)12-16-5-7-19(23)8-6-16/h4-9,11,13,17,24H,2-3,10,12,14H2,1H3. The summed E-state index contributed by atoms with van der Waals surface area (Å²) in [5.41, 5.74) is 4.48. The number of fused-ring (bicyclic) bond motifs is 1. The van der Waals surface area contributed by atoms with Gasteiger partial charge in [0.1, 0.15) is 5.82 Å². The molecule has 0 bridgehead atoms. The van der Waals surface area contributed by atoms with E-state index in [2.05, 4.69) is 36.2 Å². The fourth-order valence-electron chi connectivity index (χ4n) is 3.84. The minimum atomic E-state index is -0.270. The second-order valence-corrected chi connectivity index (χ2v) is 7.30. The molecule has 1 aliphatic rings. The normalized spacial score (nSPS) is 17.6. The topological polar surface area (TPSA) is 36.1 Å². The van der Waals surface area contributed by atoms with E-state index < -0.39 is 0 Å². The molecule has 0 aliphatic carbocycles. The van der Waals surface area contributed by atoms with Crippen molar-refractivity contribution >= 4 is 16.8 Å². The molecule has 1 saturated heterocycles. The summed E-state index contributed by atoms with van der Waals surface area (Å²) in [6, 6.07) is 14.8. The highest BCUT2D eigenvalue weighted by Gasteiger charge is 2.25. The van der Waals surface area contributed by atoms with Gasteiger partial charge in [0.25, 0.3) is 0 Å². The molecule has 4 heteroatoms. The third-order valence-corrected chi connectivity index (χ3v) is 5.28. The summed E-state index contributed by atoms with van der Waals surface area (Å²) in [6.45, 7) is 3.64. The zero-order valence-electron chi connectivity index (χ0n) is 15.0. The highest BCUT2D eigenvalue weighted by Crippen LogP contribution is 2.29. The van der Waals surface area contributed by atoms with Gasteiger partial charge >= 0.3 is 0 Å². The number of amides is 1. The number of aromatic amines is 1. The van der Waals surface area contributed by atoms with Gasteiger partial charge in [0.15, 0.2) is 0 Å². The second-order valence-electron chi connectivity index (χ2n) is 7.30. The molecule has 1 amide bonds. The lowest BCUT2D eigenvalue weighted by Gasteiger charge is -2.32. The summed E-state index contributed by atoms with van der Waals surface area (Å²) < 4.78 is 13.0. The molecular formula is C22H23FN2O. The lowest BCUT2D eigenvalue weighted by molar-refractivity contribution is -0.131. The number of rotatable bonds is 3. The summed E-state index contributed by atoms with van der Waals surface area (Å²) in [6.07, 6.45) is 2.43. The molecule has 3 aromatic rings. The van der Waals surface area contributed by atoms with Crippen LogP contribution in [0.25, 0.3) is 10.9 Å². The molecule has 1 unspecified atom stereocenters. The molecule has 2 aromatic carbocycles. The van der Waals surface area contributed by atoms with Crippen molar-refractivity contribution in [1.82, 2.24) is 9.88 Å². The van der Waals surface area contributed by atoms with Gasteiger partial charge in [-0.25, -0.2) is 4.39 Å². The zero-order chi connectivity index (χ0) is 18.1. The first-order valence-corrected chi connectivity index (χ1v) is 9.20. The SMILES string of the molecule is Cc1ccc2[nH]c(C3CCCN(C(=O)Cc4ccc(F)cc4)C3)cc2c1. The van der Waals surface area contributed by atoms with Crippen LogP contribution in [0.5, 0.6) is 0 Å². The second kappa shape index (κ2) is 6.94. The van der Waals surface area contributed by atoms with E-state index in [0.29, 0.717) is 12.3 Å². The minimum absolute atomic E-state index is 0.119. The van der Waals surface area contributed by atoms with E-state index >= 15 is 0 Å². The maximum Gasteiger partial charge on any atom is 0.227 e. The Hall–Kier alpha value is -2.62. The third kappa shape index (κ3) is 3.50. The van der Waals surface area contributed by atoms with E-state index in [9.17, 15) is 9.18 Å². The molecule has 3 nitrogen and oxygen atoms in total. The van der Waals surface area contributed by atoms with Crippen LogP contribution < -0.4 is 0 Å². The van der Waals surface area contributed by atoms with Crippen LogP contribution >= 0.6 is 0 Å². The van der Waals surface area contributed by atoms with Gasteiger partial charge in [-0.2, -0.15) is 0 Å². The maximum atomic E-state index is 13.0. The van der Waals surface area contributed by atoms with Crippen molar-refractivity contribution in [3.05, 3.63) is 71.2 Å². The molecule has 0 saturated carbocycles. The molecule has 134 valence electrons. The zero-order valence-corrected chi connectivity index (χ0v) is 15.0. The van der Waals surface area contributed by atoms with E-state index in [1.54, 1.807) is 12.1 Å². The highest BCUT2D eigenvalue weighted by molar-refractivity contribution is 5.81. The molecule has 1 N–H and O–H groups in total. The van der Waals surface area contributed by atoms with Gasteiger partial charge in [0, 0.05) is 30.2 Å². The van der Waals surface area contributed by atoms with E-state index in [4.69, 9.17) is 0 Å². The van der Waals surface area contributed by atoms with Gasteiger partial charge in [0.2, 0.25) is 5.91 Å². The molecule has 0 radical (unpaired) electrons. The Morgan fingerprint density at radius 2 is 2.00 bits per heavy atom. The molecule has 26 heavy (non-hydrogen) atoms. The van der Waals surface area contributed by atoms with Crippen molar-refractivity contribution in [1.29, 1.82) is 0 Å². The predicted molar refractivity (Wildman–Crippen MR) is 102 cm³/mol. The average Bonchev–Trinajstić information content (AvgIpc) is 3.07. The molecule has 0 spiro atoms. The number of halogens is 1. The number of benzene rings is 2. The number of H-pyrrole nitrogens is 1. The number of nitrogens with zero attached hydrogens (tertiary/aromatic N) is 1. The fourth-order valence-corrected chi connectivity index (χ4v) is 3.84. The van der Waals surface area contributed by atoms with Gasteiger partial charge in [-0.3, -0.25) is 4.79 Å². The van der Waals surface area contributed by atoms with Crippen molar-refractivity contribution in [3.8, 4) is 0 Å². The van der Waals surface area contributed by atoms with Crippen LogP contribution in [0.3, 0.4) is 0 Å². The summed E-state index contributed by atoms with van der Waals surface area (Å²) in [7, 11) is 0. The first kappa shape index (κ1) is 16.8. The molecule has 1 fully saturated rings. The van der Waals surface area contributed by atoms with Crippen molar-refractivity contribution in [3.63, 3.8) is 0 Å². The number of piperidine rings is 1. The van der Waals surface area contributed by atoms with Crippen LogP contribution in [0.2, 0.25) is 0 Å². The van der Waals surface area contributed by atoms with Crippen LogP contribution in [-0.4, -0.2) is 28.9 Å². The Morgan fingerprint density at radius 1 is 1.19 bits per heavy atom. The van der Waals surface area contributed by atoms with Crippen molar-refractivity contribution in [2.24, 2.45) is 0 Å². The van der Waals surface area contributed by atoms with E-state index in [1.165, 1.54) is 28.8 Å². The number of likely N-dealkylation sites (tertiary alicyclic amines) is 1. The molecule has 1 aliphatic heterocycles. The number of carbonyl (C=O) groups is 1. The van der Waals surface area contributed by atoms with Gasteiger partial charge in [-0.05, 0) is 61.0 Å². The summed E-state index contributed by atoms with van der Waals surface area (Å²) in [4.78, 5) is 18.1. The number of carbonyl (C=O) groups excluding carboxylic acids is 1. The Morgan fingerprint density at radius 3 is 2.81 bits per heavy atom. The van der Waals surface area contributed by atoms with Crippen LogP contribution in [0, 0.1) is 12.7 Å². The predicted octanol–water partition coefficient (Wildman–Crippen LogP) is 4.56. The van der Waals surface area contributed by atoms with Crippen LogP contribution in [0.4, 0.5) is 4.39 Å². The van der Waals surface area contributed by atoms with E-state index in [1.807, 2.05) is 4.90 Å². The average molecular weight is 350 g/mol. The van der Waals surface area contributed by atoms with Gasteiger partial charge < -0.3 is 9.88 Å². The quantitative estimate of drug-likeness (QED) is 0.738. The highest BCUT2D eigenvalue weighted by atomic mass is 19.1. The summed E-state index contributed by atoms with van der Waals surface area (Å²) in [5, 5.41) is 1.23.